The number of rotatable bonds is 7. The molecule has 0 saturated heterocycles. The maximum atomic E-state index is 12.3. The lowest BCUT2D eigenvalue weighted by atomic mass is 9.93. The summed E-state index contributed by atoms with van der Waals surface area (Å²) in [6, 6.07) is 8.34. The van der Waals surface area contributed by atoms with Crippen LogP contribution in [0.15, 0.2) is 24.3 Å². The van der Waals surface area contributed by atoms with Gasteiger partial charge in [0.15, 0.2) is 0 Å². The summed E-state index contributed by atoms with van der Waals surface area (Å²) in [5.41, 5.74) is 2.40. The fraction of sp³-hybridized carbons (Fsp3) is 0.647. The SMILES string of the molecule is CC(C)[C@@H](Cc1ccccc1CCO)NS(=O)C(C)(C)C. The Hall–Kier alpha value is -0.710. The monoisotopic (exact) mass is 311 g/mol. The summed E-state index contributed by atoms with van der Waals surface area (Å²) in [6.45, 7) is 10.4. The van der Waals surface area contributed by atoms with Crippen molar-refractivity contribution in [3.63, 3.8) is 0 Å². The van der Waals surface area contributed by atoms with Crippen LogP contribution in [0.2, 0.25) is 0 Å². The summed E-state index contributed by atoms with van der Waals surface area (Å²) in [6.07, 6.45) is 1.50. The molecule has 0 aliphatic heterocycles. The van der Waals surface area contributed by atoms with Crippen molar-refractivity contribution in [1.82, 2.24) is 4.72 Å². The first-order valence-corrected chi connectivity index (χ1v) is 8.76. The van der Waals surface area contributed by atoms with Crippen LogP contribution in [0.3, 0.4) is 0 Å². The molecule has 3 nitrogen and oxygen atoms in total. The molecule has 0 bridgehead atoms. The standard InChI is InChI=1S/C17H29NO2S/c1-13(2)16(18-21(20)17(3,4)5)12-15-9-7-6-8-14(15)10-11-19/h6-9,13,16,18-19H,10-12H2,1-5H3/t16-,21?/m1/s1. The molecule has 1 aromatic carbocycles. The van der Waals surface area contributed by atoms with Crippen molar-refractivity contribution in [2.24, 2.45) is 5.92 Å². The molecule has 2 atom stereocenters. The van der Waals surface area contributed by atoms with Gasteiger partial charge < -0.3 is 5.11 Å². The Labute approximate surface area is 131 Å². The molecule has 0 spiro atoms. The molecular weight excluding hydrogens is 282 g/mol. The van der Waals surface area contributed by atoms with Crippen LogP contribution < -0.4 is 4.72 Å². The molecule has 0 fully saturated rings. The molecule has 1 rings (SSSR count). The van der Waals surface area contributed by atoms with Gasteiger partial charge in [0, 0.05) is 12.6 Å². The molecule has 0 saturated carbocycles. The molecule has 4 heteroatoms. The van der Waals surface area contributed by atoms with E-state index in [1.165, 1.54) is 11.1 Å². The average molecular weight is 311 g/mol. The Morgan fingerprint density at radius 2 is 1.76 bits per heavy atom. The van der Waals surface area contributed by atoms with Gasteiger partial charge in [0.1, 0.15) is 0 Å². The first kappa shape index (κ1) is 18.3. The Bertz CT molecular complexity index is 466. The van der Waals surface area contributed by atoms with E-state index in [1.807, 2.05) is 32.9 Å². The maximum Gasteiger partial charge on any atom is 0.0972 e. The third-order valence-electron chi connectivity index (χ3n) is 3.56. The zero-order chi connectivity index (χ0) is 16.0. The summed E-state index contributed by atoms with van der Waals surface area (Å²) < 4.78 is 15.4. The van der Waals surface area contributed by atoms with Crippen molar-refractivity contribution in [1.29, 1.82) is 0 Å². The Morgan fingerprint density at radius 3 is 2.24 bits per heavy atom. The summed E-state index contributed by atoms with van der Waals surface area (Å²) in [5, 5.41) is 9.18. The fourth-order valence-corrected chi connectivity index (χ4v) is 3.07. The van der Waals surface area contributed by atoms with Crippen molar-refractivity contribution in [3.8, 4) is 0 Å². The predicted molar refractivity (Wildman–Crippen MR) is 90.6 cm³/mol. The molecule has 0 aromatic heterocycles. The molecule has 0 amide bonds. The molecule has 120 valence electrons. The van der Waals surface area contributed by atoms with Crippen molar-refractivity contribution < 1.29 is 9.32 Å². The van der Waals surface area contributed by atoms with Crippen molar-refractivity contribution in [2.75, 3.05) is 6.61 Å². The van der Waals surface area contributed by atoms with E-state index >= 15 is 0 Å². The minimum atomic E-state index is -1.07. The molecule has 0 aliphatic rings. The highest BCUT2D eigenvalue weighted by Gasteiger charge is 2.24. The average Bonchev–Trinajstić information content (AvgIpc) is 2.39. The van der Waals surface area contributed by atoms with Gasteiger partial charge in [0.25, 0.3) is 0 Å². The quantitative estimate of drug-likeness (QED) is 0.813. The number of aliphatic hydroxyl groups is 1. The van der Waals surface area contributed by atoms with Gasteiger partial charge >= 0.3 is 0 Å². The van der Waals surface area contributed by atoms with E-state index in [4.69, 9.17) is 0 Å². The van der Waals surface area contributed by atoms with Gasteiger partial charge in [0.05, 0.1) is 15.7 Å². The molecule has 1 aromatic rings. The lowest BCUT2D eigenvalue weighted by Crippen LogP contribution is -2.43. The van der Waals surface area contributed by atoms with Gasteiger partial charge in [-0.1, -0.05) is 38.1 Å². The first-order valence-electron chi connectivity index (χ1n) is 7.61. The summed E-state index contributed by atoms with van der Waals surface area (Å²) in [7, 11) is -1.07. The number of hydrogen-bond donors (Lipinski definition) is 2. The van der Waals surface area contributed by atoms with Crippen LogP contribution in [-0.4, -0.2) is 26.7 Å². The number of aliphatic hydroxyl groups excluding tert-OH is 1. The molecule has 2 N–H and O–H groups in total. The predicted octanol–water partition coefficient (Wildman–Crippen LogP) is 2.84. The Morgan fingerprint density at radius 1 is 1.19 bits per heavy atom. The smallest absolute Gasteiger partial charge is 0.0972 e. The van der Waals surface area contributed by atoms with Crippen molar-refractivity contribution in [2.45, 2.75) is 58.2 Å². The lowest BCUT2D eigenvalue weighted by molar-refractivity contribution is 0.299. The third-order valence-corrected chi connectivity index (χ3v) is 5.19. The second-order valence-corrected chi connectivity index (χ2v) is 8.79. The van der Waals surface area contributed by atoms with E-state index in [2.05, 4.69) is 30.7 Å². The highest BCUT2D eigenvalue weighted by molar-refractivity contribution is 7.84. The summed E-state index contributed by atoms with van der Waals surface area (Å²) >= 11 is 0. The normalized spacial score (nSPS) is 15.2. The second-order valence-electron chi connectivity index (χ2n) is 6.80. The molecule has 0 aliphatic carbocycles. The van der Waals surface area contributed by atoms with Gasteiger partial charge in [-0.15, -0.1) is 0 Å². The molecular formula is C17H29NO2S. The summed E-state index contributed by atoms with van der Waals surface area (Å²) in [4.78, 5) is 0. The van der Waals surface area contributed by atoms with Gasteiger partial charge in [-0.2, -0.15) is 0 Å². The minimum Gasteiger partial charge on any atom is -0.396 e. The van der Waals surface area contributed by atoms with E-state index in [1.54, 1.807) is 0 Å². The van der Waals surface area contributed by atoms with E-state index in [9.17, 15) is 9.32 Å². The lowest BCUT2D eigenvalue weighted by Gasteiger charge is -2.27. The number of benzene rings is 1. The number of nitrogens with one attached hydrogen (secondary N) is 1. The van der Waals surface area contributed by atoms with Gasteiger partial charge in [0.2, 0.25) is 0 Å². The molecule has 21 heavy (non-hydrogen) atoms. The van der Waals surface area contributed by atoms with Gasteiger partial charge in [-0.25, -0.2) is 8.93 Å². The van der Waals surface area contributed by atoms with Gasteiger partial charge in [-0.3, -0.25) is 0 Å². The van der Waals surface area contributed by atoms with Crippen LogP contribution in [0.1, 0.15) is 45.7 Å². The van der Waals surface area contributed by atoms with Crippen LogP contribution >= 0.6 is 0 Å². The topological polar surface area (TPSA) is 49.3 Å². The number of hydrogen-bond acceptors (Lipinski definition) is 2. The fourth-order valence-electron chi connectivity index (χ4n) is 2.09. The Kier molecular flexibility index (Phi) is 7.04. The summed E-state index contributed by atoms with van der Waals surface area (Å²) in [5.74, 6) is 0.387. The molecule has 1 unspecified atom stereocenters. The van der Waals surface area contributed by atoms with E-state index < -0.39 is 11.0 Å². The van der Waals surface area contributed by atoms with Crippen LogP contribution in [0.5, 0.6) is 0 Å². The van der Waals surface area contributed by atoms with E-state index in [-0.39, 0.29) is 17.4 Å². The zero-order valence-corrected chi connectivity index (χ0v) is 14.7. The van der Waals surface area contributed by atoms with E-state index in [0.29, 0.717) is 12.3 Å². The molecule has 0 radical (unpaired) electrons. The zero-order valence-electron chi connectivity index (χ0n) is 13.8. The Balaban J connectivity index is 2.87. The van der Waals surface area contributed by atoms with Crippen LogP contribution in [0, 0.1) is 5.92 Å². The third kappa shape index (κ3) is 5.89. The van der Waals surface area contributed by atoms with Crippen molar-refractivity contribution in [3.05, 3.63) is 35.4 Å². The van der Waals surface area contributed by atoms with Crippen molar-refractivity contribution >= 4 is 11.0 Å². The maximum absolute atomic E-state index is 12.3. The highest BCUT2D eigenvalue weighted by Crippen LogP contribution is 2.18. The van der Waals surface area contributed by atoms with Crippen LogP contribution in [0.25, 0.3) is 0 Å². The molecule has 0 heterocycles. The first-order chi connectivity index (χ1) is 9.75. The van der Waals surface area contributed by atoms with Crippen LogP contribution in [-0.2, 0) is 23.8 Å². The largest absolute Gasteiger partial charge is 0.396 e. The van der Waals surface area contributed by atoms with Gasteiger partial charge in [-0.05, 0) is 50.7 Å². The highest BCUT2D eigenvalue weighted by atomic mass is 32.2. The minimum absolute atomic E-state index is 0.157. The second kappa shape index (κ2) is 8.06. The van der Waals surface area contributed by atoms with E-state index in [0.717, 1.165) is 6.42 Å². The van der Waals surface area contributed by atoms with Crippen LogP contribution in [0.4, 0.5) is 0 Å².